The topological polar surface area (TPSA) is 94.8 Å². The molecule has 1 unspecified atom stereocenters. The minimum absolute atomic E-state index is 0.0666. The highest BCUT2D eigenvalue weighted by atomic mass is 19.1. The van der Waals surface area contributed by atoms with E-state index < -0.39 is 30.1 Å². The maximum absolute atomic E-state index is 15.1. The molecule has 1 aliphatic heterocycles. The predicted molar refractivity (Wildman–Crippen MR) is 125 cm³/mol. The molecule has 1 heterocycles. The highest BCUT2D eigenvalue weighted by Gasteiger charge is 2.41. The van der Waals surface area contributed by atoms with E-state index in [0.717, 1.165) is 5.56 Å². The Kier molecular flexibility index (Phi) is 6.40. The van der Waals surface area contributed by atoms with Crippen molar-refractivity contribution < 1.29 is 32.9 Å². The smallest absolute Gasteiger partial charge is 0.306 e. The van der Waals surface area contributed by atoms with Crippen molar-refractivity contribution in [3.05, 3.63) is 88.2 Å². The molecule has 0 saturated heterocycles. The molecule has 3 atom stereocenters. The van der Waals surface area contributed by atoms with Crippen LogP contribution in [0.2, 0.25) is 0 Å². The van der Waals surface area contributed by atoms with E-state index in [1.165, 1.54) is 25.3 Å². The van der Waals surface area contributed by atoms with E-state index in [1.54, 1.807) is 18.2 Å². The minimum Gasteiger partial charge on any atom is -0.469 e. The third-order valence-electron chi connectivity index (χ3n) is 6.52. The van der Waals surface area contributed by atoms with E-state index >= 15 is 4.39 Å². The van der Waals surface area contributed by atoms with Crippen LogP contribution in [0.15, 0.2) is 54.6 Å². The summed E-state index contributed by atoms with van der Waals surface area (Å²) in [6.07, 6.45) is 0.292. The number of esters is 1. The van der Waals surface area contributed by atoms with Gasteiger partial charge >= 0.3 is 5.97 Å². The van der Waals surface area contributed by atoms with Crippen molar-refractivity contribution in [1.82, 2.24) is 0 Å². The van der Waals surface area contributed by atoms with Gasteiger partial charge in [-0.25, -0.2) is 4.39 Å². The number of fused-ring (bicyclic) bond motifs is 2. The summed E-state index contributed by atoms with van der Waals surface area (Å²) < 4.78 is 38.2. The first kappa shape index (κ1) is 23.5. The Morgan fingerprint density at radius 2 is 2.00 bits per heavy atom. The molecule has 0 fully saturated rings. The van der Waals surface area contributed by atoms with Crippen LogP contribution >= 0.6 is 0 Å². The van der Waals surface area contributed by atoms with Crippen molar-refractivity contribution in [2.45, 2.75) is 37.6 Å². The van der Waals surface area contributed by atoms with Crippen LogP contribution in [0.4, 0.5) is 4.39 Å². The molecule has 3 aromatic carbocycles. The fraction of sp³-hybridized carbons (Fsp3) is 0.250. The van der Waals surface area contributed by atoms with Gasteiger partial charge in [-0.05, 0) is 49.2 Å². The van der Waals surface area contributed by atoms with Gasteiger partial charge in [0.2, 0.25) is 6.29 Å². The minimum atomic E-state index is -0.789. The summed E-state index contributed by atoms with van der Waals surface area (Å²) in [6.45, 7) is 0. The molecule has 1 aliphatic carbocycles. The molecule has 3 aromatic rings. The third-order valence-corrected chi connectivity index (χ3v) is 6.52. The zero-order valence-electron chi connectivity index (χ0n) is 19.4. The van der Waals surface area contributed by atoms with Crippen LogP contribution in [0.1, 0.15) is 57.5 Å². The second-order valence-electron chi connectivity index (χ2n) is 8.60. The molecule has 0 aromatic heterocycles. The fourth-order valence-corrected chi connectivity index (χ4v) is 4.79. The van der Waals surface area contributed by atoms with Crippen molar-refractivity contribution in [2.24, 2.45) is 0 Å². The van der Waals surface area contributed by atoms with Crippen LogP contribution in [0.25, 0.3) is 0 Å². The number of carbonyl (C=O) groups is 2. The monoisotopic (exact) mass is 487 g/mol. The number of methoxy groups -OCH3 is 1. The molecule has 182 valence electrons. The van der Waals surface area contributed by atoms with Gasteiger partial charge in [0, 0.05) is 22.3 Å². The maximum atomic E-state index is 15.1. The van der Waals surface area contributed by atoms with Gasteiger partial charge in [-0.15, -0.1) is 0 Å². The number of para-hydroxylation sites is 1. The number of rotatable bonds is 7. The van der Waals surface area contributed by atoms with Crippen molar-refractivity contribution in [3.8, 4) is 23.3 Å². The molecule has 0 amide bonds. The zero-order chi connectivity index (χ0) is 25.2. The standard InChI is InChI=1S/C28H22FNO6/c1-33-26(32)13-20-18-4-2-3-5-23(18)35-28(20)36-25-10-7-19-24(11-8-21(29)27(19)25)34-22-9-6-16(15-31)12-17(22)14-30/h2-6,8-9,11-12,15,20,25,28H,7,10,13H2,1H3/t20?,25-,28-/m1/s1. The summed E-state index contributed by atoms with van der Waals surface area (Å²) in [4.78, 5) is 23.1. The van der Waals surface area contributed by atoms with E-state index in [1.807, 2.05) is 24.3 Å². The summed E-state index contributed by atoms with van der Waals surface area (Å²) >= 11 is 0. The molecular weight excluding hydrogens is 465 g/mol. The molecule has 8 heteroatoms. The molecule has 0 spiro atoms. The average molecular weight is 487 g/mol. The Bertz CT molecular complexity index is 1380. The molecule has 0 radical (unpaired) electrons. The van der Waals surface area contributed by atoms with Crippen molar-refractivity contribution in [2.75, 3.05) is 7.11 Å². The lowest BCUT2D eigenvalue weighted by atomic mass is 9.96. The normalized spacial score (nSPS) is 19.5. The number of nitriles is 1. The van der Waals surface area contributed by atoms with Gasteiger partial charge in [0.15, 0.2) is 0 Å². The number of aldehydes is 1. The quantitative estimate of drug-likeness (QED) is 0.327. The Balaban J connectivity index is 1.42. The highest BCUT2D eigenvalue weighted by molar-refractivity contribution is 5.76. The first-order valence-corrected chi connectivity index (χ1v) is 11.5. The maximum Gasteiger partial charge on any atom is 0.306 e. The lowest BCUT2D eigenvalue weighted by Crippen LogP contribution is -2.26. The molecule has 36 heavy (non-hydrogen) atoms. The van der Waals surface area contributed by atoms with Gasteiger partial charge < -0.3 is 18.9 Å². The lowest BCUT2D eigenvalue weighted by molar-refractivity contribution is -0.148. The van der Waals surface area contributed by atoms with Crippen molar-refractivity contribution >= 4 is 12.3 Å². The molecule has 0 saturated carbocycles. The van der Waals surface area contributed by atoms with E-state index in [2.05, 4.69) is 0 Å². The summed E-state index contributed by atoms with van der Waals surface area (Å²) in [5, 5.41) is 9.46. The first-order chi connectivity index (χ1) is 17.5. The Morgan fingerprint density at radius 3 is 2.78 bits per heavy atom. The first-order valence-electron chi connectivity index (χ1n) is 11.5. The number of hydrogen-bond donors (Lipinski definition) is 0. The second-order valence-corrected chi connectivity index (χ2v) is 8.60. The van der Waals surface area contributed by atoms with Crippen LogP contribution in [0.5, 0.6) is 17.2 Å². The van der Waals surface area contributed by atoms with Gasteiger partial charge in [-0.1, -0.05) is 18.2 Å². The zero-order valence-corrected chi connectivity index (χ0v) is 19.4. The number of ether oxygens (including phenoxy) is 4. The lowest BCUT2D eigenvalue weighted by Gasteiger charge is -2.23. The van der Waals surface area contributed by atoms with Gasteiger partial charge in [-0.3, -0.25) is 9.59 Å². The van der Waals surface area contributed by atoms with Gasteiger partial charge in [0.05, 0.1) is 31.1 Å². The number of halogens is 1. The third kappa shape index (κ3) is 4.30. The summed E-state index contributed by atoms with van der Waals surface area (Å²) in [5.74, 6) is 0.0847. The summed E-state index contributed by atoms with van der Waals surface area (Å²) in [5.41, 5.74) is 2.41. The van der Waals surface area contributed by atoms with Crippen LogP contribution in [0, 0.1) is 17.1 Å². The Labute approximate surface area is 207 Å². The van der Waals surface area contributed by atoms with Crippen LogP contribution in [-0.2, 0) is 20.7 Å². The highest BCUT2D eigenvalue weighted by Crippen LogP contribution is 2.47. The predicted octanol–water partition coefficient (Wildman–Crippen LogP) is 5.37. The van der Waals surface area contributed by atoms with Crippen LogP contribution in [0.3, 0.4) is 0 Å². The van der Waals surface area contributed by atoms with Crippen molar-refractivity contribution in [1.29, 1.82) is 5.26 Å². The van der Waals surface area contributed by atoms with Crippen molar-refractivity contribution in [3.63, 3.8) is 0 Å². The Morgan fingerprint density at radius 1 is 1.19 bits per heavy atom. The molecule has 5 rings (SSSR count). The summed E-state index contributed by atoms with van der Waals surface area (Å²) in [7, 11) is 1.33. The molecule has 2 aliphatic rings. The van der Waals surface area contributed by atoms with Gasteiger partial charge in [0.1, 0.15) is 35.4 Å². The molecule has 0 N–H and O–H groups in total. The van der Waals surface area contributed by atoms with Crippen LogP contribution in [-0.4, -0.2) is 25.7 Å². The Hall–Kier alpha value is -4.22. The molecule has 0 bridgehead atoms. The SMILES string of the molecule is COC(=O)CC1c2ccccc2O[C@@H]1O[C@@H]1CCc2c(Oc3ccc(C=O)cc3C#N)ccc(F)c21. The van der Waals surface area contributed by atoms with Crippen LogP contribution < -0.4 is 9.47 Å². The fourth-order valence-electron chi connectivity index (χ4n) is 4.79. The number of carbonyl (C=O) groups excluding carboxylic acids is 2. The largest absolute Gasteiger partial charge is 0.469 e. The molecule has 7 nitrogen and oxygen atoms in total. The van der Waals surface area contributed by atoms with E-state index in [4.69, 9.17) is 18.9 Å². The number of hydrogen-bond acceptors (Lipinski definition) is 7. The second kappa shape index (κ2) is 9.80. The van der Waals surface area contributed by atoms with E-state index in [0.29, 0.717) is 47.3 Å². The number of benzene rings is 3. The van der Waals surface area contributed by atoms with Gasteiger partial charge in [-0.2, -0.15) is 5.26 Å². The van der Waals surface area contributed by atoms with Gasteiger partial charge in [0.25, 0.3) is 0 Å². The molecular formula is C28H22FNO6. The number of nitrogens with zero attached hydrogens (tertiary/aromatic N) is 1. The average Bonchev–Trinajstić information content (AvgIpc) is 3.48. The summed E-state index contributed by atoms with van der Waals surface area (Å²) in [6, 6.07) is 16.8. The van der Waals surface area contributed by atoms with E-state index in [9.17, 15) is 14.9 Å². The van der Waals surface area contributed by atoms with E-state index in [-0.39, 0.29) is 17.7 Å².